The Morgan fingerprint density at radius 2 is 1.90 bits per heavy atom. The zero-order valence-electron chi connectivity index (χ0n) is 11.1. The van der Waals surface area contributed by atoms with Gasteiger partial charge in [0.05, 0.1) is 9.92 Å². The summed E-state index contributed by atoms with van der Waals surface area (Å²) in [6, 6.07) is 2.76. The lowest BCUT2D eigenvalue weighted by atomic mass is 10.2. The molecule has 1 aromatic carbocycles. The summed E-state index contributed by atoms with van der Waals surface area (Å²) in [6.07, 6.45) is 0.978. The van der Waals surface area contributed by atoms with E-state index in [-0.39, 0.29) is 15.5 Å². The van der Waals surface area contributed by atoms with Crippen LogP contribution in [0.15, 0.2) is 23.1 Å². The number of halogens is 1. The van der Waals surface area contributed by atoms with Crippen LogP contribution in [0.5, 0.6) is 0 Å². The van der Waals surface area contributed by atoms with Crippen molar-refractivity contribution in [3.8, 4) is 0 Å². The summed E-state index contributed by atoms with van der Waals surface area (Å²) in [7, 11) is -2.24. The van der Waals surface area contributed by atoms with Crippen molar-refractivity contribution in [3.05, 3.63) is 28.8 Å². The number of carbonyl (C=O) groups excluding carboxylic acids is 1. The lowest BCUT2D eigenvalue weighted by Gasteiger charge is -2.21. The third-order valence-electron chi connectivity index (χ3n) is 2.84. The van der Waals surface area contributed by atoms with E-state index in [1.807, 2.05) is 0 Å². The van der Waals surface area contributed by atoms with Gasteiger partial charge in [-0.3, -0.25) is 4.79 Å². The average Bonchev–Trinajstić information content (AvgIpc) is 2.35. The van der Waals surface area contributed by atoms with Crippen molar-refractivity contribution < 1.29 is 23.1 Å². The standard InChI is InChI=1S/C12H14ClNO5S/c1-7(12(16)17)14(2)11(15)8-4-5-9(13)10(6-8)20(3,18)19/h4-7H,1-3H3,(H,16,17). The minimum absolute atomic E-state index is 0.0120. The number of sulfone groups is 1. The van der Waals surface area contributed by atoms with Crippen LogP contribution < -0.4 is 0 Å². The minimum atomic E-state index is -3.57. The molecule has 0 saturated heterocycles. The molecule has 0 heterocycles. The molecular weight excluding hydrogens is 306 g/mol. The van der Waals surface area contributed by atoms with Crippen LogP contribution in [-0.2, 0) is 14.6 Å². The summed E-state index contributed by atoms with van der Waals surface area (Å²) in [5, 5.41) is 8.88. The second-order valence-electron chi connectivity index (χ2n) is 4.35. The number of nitrogens with zero attached hydrogens (tertiary/aromatic N) is 1. The van der Waals surface area contributed by atoms with Gasteiger partial charge in [0.2, 0.25) is 0 Å². The Kier molecular flexibility index (Phi) is 4.77. The van der Waals surface area contributed by atoms with Crippen molar-refractivity contribution in [2.24, 2.45) is 0 Å². The first-order chi connectivity index (χ1) is 9.05. The molecule has 0 bridgehead atoms. The van der Waals surface area contributed by atoms with Gasteiger partial charge in [0.25, 0.3) is 5.91 Å². The quantitative estimate of drug-likeness (QED) is 0.902. The Hall–Kier alpha value is -1.60. The topological polar surface area (TPSA) is 91.8 Å². The number of benzene rings is 1. The smallest absolute Gasteiger partial charge is 0.326 e. The van der Waals surface area contributed by atoms with Crippen molar-refractivity contribution in [1.82, 2.24) is 4.90 Å². The Balaban J connectivity index is 3.22. The first-order valence-corrected chi connectivity index (χ1v) is 7.82. The molecule has 0 spiro atoms. The molecule has 1 amide bonds. The van der Waals surface area contributed by atoms with Gasteiger partial charge in [0.15, 0.2) is 9.84 Å². The number of rotatable bonds is 4. The van der Waals surface area contributed by atoms with Gasteiger partial charge in [0, 0.05) is 18.9 Å². The molecule has 1 N–H and O–H groups in total. The fourth-order valence-corrected chi connectivity index (χ4v) is 2.77. The average molecular weight is 320 g/mol. The minimum Gasteiger partial charge on any atom is -0.480 e. The van der Waals surface area contributed by atoms with E-state index < -0.39 is 27.8 Å². The van der Waals surface area contributed by atoms with E-state index in [0.717, 1.165) is 17.2 Å². The van der Waals surface area contributed by atoms with E-state index in [0.29, 0.717) is 0 Å². The van der Waals surface area contributed by atoms with Crippen LogP contribution in [0.25, 0.3) is 0 Å². The van der Waals surface area contributed by atoms with Crippen LogP contribution in [0.3, 0.4) is 0 Å². The van der Waals surface area contributed by atoms with E-state index >= 15 is 0 Å². The second kappa shape index (κ2) is 5.80. The SMILES string of the molecule is CC(C(=O)O)N(C)C(=O)c1ccc(Cl)c(S(C)(=O)=O)c1. The van der Waals surface area contributed by atoms with Crippen LogP contribution in [0.4, 0.5) is 0 Å². The molecule has 20 heavy (non-hydrogen) atoms. The van der Waals surface area contributed by atoms with Crippen molar-refractivity contribution in [3.63, 3.8) is 0 Å². The summed E-state index contributed by atoms with van der Waals surface area (Å²) < 4.78 is 23.1. The first kappa shape index (κ1) is 16.5. The monoisotopic (exact) mass is 319 g/mol. The van der Waals surface area contributed by atoms with Crippen LogP contribution in [0.2, 0.25) is 5.02 Å². The number of hydrogen-bond acceptors (Lipinski definition) is 4. The fraction of sp³-hybridized carbons (Fsp3) is 0.333. The summed E-state index contributed by atoms with van der Waals surface area (Å²) >= 11 is 5.78. The Morgan fingerprint density at radius 1 is 1.35 bits per heavy atom. The zero-order valence-corrected chi connectivity index (χ0v) is 12.7. The van der Waals surface area contributed by atoms with Crippen LogP contribution in [-0.4, -0.2) is 49.6 Å². The van der Waals surface area contributed by atoms with Gasteiger partial charge in [-0.25, -0.2) is 13.2 Å². The van der Waals surface area contributed by atoms with E-state index in [1.165, 1.54) is 26.1 Å². The summed E-state index contributed by atoms with van der Waals surface area (Å²) in [6.45, 7) is 1.35. The van der Waals surface area contributed by atoms with Crippen molar-refractivity contribution >= 4 is 33.3 Å². The Bertz CT molecular complexity index is 656. The van der Waals surface area contributed by atoms with Crippen LogP contribution >= 0.6 is 11.6 Å². The highest BCUT2D eigenvalue weighted by atomic mass is 35.5. The van der Waals surface area contributed by atoms with E-state index in [4.69, 9.17) is 16.7 Å². The summed E-state index contributed by atoms with van der Waals surface area (Å²) in [5.74, 6) is -1.75. The molecule has 110 valence electrons. The molecule has 0 aromatic heterocycles. The normalized spacial score (nSPS) is 12.8. The maximum atomic E-state index is 12.1. The number of carbonyl (C=O) groups is 2. The molecule has 1 atom stereocenters. The number of likely N-dealkylation sites (N-methyl/N-ethyl adjacent to an activating group) is 1. The number of amides is 1. The zero-order chi connectivity index (χ0) is 15.7. The second-order valence-corrected chi connectivity index (χ2v) is 6.74. The highest BCUT2D eigenvalue weighted by Gasteiger charge is 2.24. The molecule has 0 fully saturated rings. The maximum absolute atomic E-state index is 12.1. The molecule has 1 aromatic rings. The molecule has 6 nitrogen and oxygen atoms in total. The summed E-state index contributed by atoms with van der Waals surface area (Å²) in [4.78, 5) is 23.8. The molecule has 1 unspecified atom stereocenters. The van der Waals surface area contributed by atoms with Crippen molar-refractivity contribution in [2.45, 2.75) is 17.9 Å². The summed E-state index contributed by atoms with van der Waals surface area (Å²) in [5.41, 5.74) is 0.0606. The number of aliphatic carboxylic acids is 1. The molecule has 0 aliphatic carbocycles. The highest BCUT2D eigenvalue weighted by molar-refractivity contribution is 7.90. The van der Waals surface area contributed by atoms with E-state index in [9.17, 15) is 18.0 Å². The van der Waals surface area contributed by atoms with Gasteiger partial charge in [0.1, 0.15) is 6.04 Å². The van der Waals surface area contributed by atoms with E-state index in [1.54, 1.807) is 0 Å². The van der Waals surface area contributed by atoms with Gasteiger partial charge in [-0.15, -0.1) is 0 Å². The van der Waals surface area contributed by atoms with Crippen LogP contribution in [0.1, 0.15) is 17.3 Å². The largest absolute Gasteiger partial charge is 0.480 e. The van der Waals surface area contributed by atoms with Gasteiger partial charge >= 0.3 is 5.97 Å². The Labute approximate surface area is 121 Å². The fourth-order valence-electron chi connectivity index (χ4n) is 1.47. The molecule has 1 rings (SSSR count). The molecule has 0 aliphatic heterocycles. The third kappa shape index (κ3) is 3.49. The molecule has 8 heteroatoms. The predicted octanol–water partition coefficient (Wildman–Crippen LogP) is 1.29. The molecular formula is C12H14ClNO5S. The van der Waals surface area contributed by atoms with Crippen molar-refractivity contribution in [2.75, 3.05) is 13.3 Å². The number of hydrogen-bond donors (Lipinski definition) is 1. The predicted molar refractivity (Wildman–Crippen MR) is 73.8 cm³/mol. The van der Waals surface area contributed by atoms with Gasteiger partial charge in [-0.1, -0.05) is 11.6 Å². The number of carboxylic acids is 1. The van der Waals surface area contributed by atoms with Crippen molar-refractivity contribution in [1.29, 1.82) is 0 Å². The molecule has 0 aliphatic rings. The van der Waals surface area contributed by atoms with Gasteiger partial charge in [-0.2, -0.15) is 0 Å². The molecule has 0 saturated carbocycles. The number of carboxylic acid groups (broad SMARTS) is 1. The molecule has 0 radical (unpaired) electrons. The third-order valence-corrected chi connectivity index (χ3v) is 4.41. The van der Waals surface area contributed by atoms with Crippen LogP contribution in [0, 0.1) is 0 Å². The first-order valence-electron chi connectivity index (χ1n) is 5.55. The maximum Gasteiger partial charge on any atom is 0.326 e. The van der Waals surface area contributed by atoms with Gasteiger partial charge < -0.3 is 10.0 Å². The van der Waals surface area contributed by atoms with E-state index in [2.05, 4.69) is 0 Å². The lowest BCUT2D eigenvalue weighted by molar-refractivity contribution is -0.141. The van der Waals surface area contributed by atoms with Gasteiger partial charge in [-0.05, 0) is 25.1 Å². The lowest BCUT2D eigenvalue weighted by Crippen LogP contribution is -2.40. The Morgan fingerprint density at radius 3 is 2.35 bits per heavy atom. The highest BCUT2D eigenvalue weighted by Crippen LogP contribution is 2.23.